The first-order chi connectivity index (χ1) is 11.5. The molecule has 0 saturated carbocycles. The van der Waals surface area contributed by atoms with E-state index >= 15 is 0 Å². The summed E-state index contributed by atoms with van der Waals surface area (Å²) in [4.78, 5) is -1.05. The average Bonchev–Trinajstić information content (AvgIpc) is 2.44. The Morgan fingerprint density at radius 3 is 2.32 bits per heavy atom. The number of hydrogen-bond acceptors (Lipinski definition) is 5. The van der Waals surface area contributed by atoms with Crippen LogP contribution < -0.4 is 15.2 Å². The molecule has 1 atom stereocenters. The fraction of sp³-hybridized carbons (Fsp3) is 0.0769. The number of primary sulfonamides is 1. The summed E-state index contributed by atoms with van der Waals surface area (Å²) in [5, 5.41) is 7.24. The van der Waals surface area contributed by atoms with Crippen LogP contribution in [-0.2, 0) is 20.0 Å². The molecule has 0 saturated heterocycles. The summed E-state index contributed by atoms with van der Waals surface area (Å²) in [7, 11) is -8.57. The lowest BCUT2D eigenvalue weighted by Crippen LogP contribution is -2.39. The van der Waals surface area contributed by atoms with Crippen molar-refractivity contribution in [2.24, 2.45) is 5.14 Å². The van der Waals surface area contributed by atoms with Gasteiger partial charge in [0, 0.05) is 0 Å². The Kier molecular flexibility index (Phi) is 4.24. The minimum Gasteiger partial charge on any atom is -0.364 e. The maximum atomic E-state index is 13.9. The predicted molar refractivity (Wildman–Crippen MR) is 85.9 cm³/mol. The van der Waals surface area contributed by atoms with E-state index in [1.54, 1.807) is 0 Å². The standard InChI is InChI=1S/C13H10ClF2N3O4S2/c14-6-4-9-11(5-10(6)24(17,20)21)25(22,23)19-13(18-9)12-7(15)2-1-3-8(12)16/h1-5,13,18-19H,(H2,17,20,21)/t13-/m1/s1. The minimum atomic E-state index is -4.30. The van der Waals surface area contributed by atoms with Crippen LogP contribution in [0, 0.1) is 11.6 Å². The Bertz CT molecular complexity index is 1070. The molecule has 1 aliphatic heterocycles. The highest BCUT2D eigenvalue weighted by Gasteiger charge is 2.34. The lowest BCUT2D eigenvalue weighted by molar-refractivity contribution is 0.514. The lowest BCUT2D eigenvalue weighted by atomic mass is 10.1. The van der Waals surface area contributed by atoms with Crippen LogP contribution in [0.1, 0.15) is 11.7 Å². The van der Waals surface area contributed by atoms with E-state index in [-0.39, 0.29) is 10.7 Å². The number of sulfonamides is 2. The molecule has 4 N–H and O–H groups in total. The molecule has 0 bridgehead atoms. The van der Waals surface area contributed by atoms with Crippen molar-refractivity contribution in [3.63, 3.8) is 0 Å². The number of rotatable bonds is 2. The van der Waals surface area contributed by atoms with Gasteiger partial charge in [-0.1, -0.05) is 17.7 Å². The first kappa shape index (κ1) is 18.0. The summed E-state index contributed by atoms with van der Waals surface area (Å²) in [6.07, 6.45) is -1.45. The van der Waals surface area contributed by atoms with Crippen LogP contribution in [0.4, 0.5) is 14.5 Å². The van der Waals surface area contributed by atoms with Crippen molar-refractivity contribution in [2.75, 3.05) is 5.32 Å². The molecule has 0 amide bonds. The third kappa shape index (κ3) is 3.20. The van der Waals surface area contributed by atoms with Crippen molar-refractivity contribution < 1.29 is 25.6 Å². The fourth-order valence-corrected chi connectivity index (χ4v) is 4.88. The average molecular weight is 410 g/mol. The Hall–Kier alpha value is -1.79. The monoisotopic (exact) mass is 409 g/mol. The molecule has 1 heterocycles. The van der Waals surface area contributed by atoms with Crippen LogP contribution in [0.2, 0.25) is 5.02 Å². The zero-order chi connectivity index (χ0) is 18.6. The fourth-order valence-electron chi connectivity index (χ4n) is 2.41. The summed E-state index contributed by atoms with van der Waals surface area (Å²) < 4.78 is 77.7. The van der Waals surface area contributed by atoms with Crippen LogP contribution in [0.15, 0.2) is 40.1 Å². The molecule has 134 valence electrons. The van der Waals surface area contributed by atoms with E-state index in [1.807, 2.05) is 4.72 Å². The third-order valence-corrected chi connectivity index (χ3v) is 6.33. The normalized spacial score (nSPS) is 19.1. The highest BCUT2D eigenvalue weighted by atomic mass is 35.5. The van der Waals surface area contributed by atoms with Crippen molar-refractivity contribution in [2.45, 2.75) is 16.0 Å². The Labute approximate surface area is 146 Å². The number of anilines is 1. The largest absolute Gasteiger partial charge is 0.364 e. The maximum Gasteiger partial charge on any atom is 0.244 e. The van der Waals surface area contributed by atoms with Gasteiger partial charge in [0.1, 0.15) is 27.6 Å². The quantitative estimate of drug-likeness (QED) is 0.697. The number of hydrogen-bond donors (Lipinski definition) is 3. The van der Waals surface area contributed by atoms with Crippen LogP contribution >= 0.6 is 11.6 Å². The zero-order valence-electron chi connectivity index (χ0n) is 12.1. The highest BCUT2D eigenvalue weighted by Crippen LogP contribution is 2.37. The van der Waals surface area contributed by atoms with Crippen LogP contribution in [0.3, 0.4) is 0 Å². The Balaban J connectivity index is 2.18. The molecule has 0 spiro atoms. The van der Waals surface area contributed by atoms with Gasteiger partial charge < -0.3 is 5.32 Å². The smallest absolute Gasteiger partial charge is 0.244 e. The molecular formula is C13H10ClF2N3O4S2. The first-order valence-electron chi connectivity index (χ1n) is 6.60. The molecule has 2 aromatic rings. The summed E-state index contributed by atoms with van der Waals surface area (Å²) in [5.74, 6) is -1.92. The van der Waals surface area contributed by atoms with E-state index in [0.29, 0.717) is 0 Å². The Morgan fingerprint density at radius 1 is 1.16 bits per heavy atom. The molecule has 0 unspecified atom stereocenters. The minimum absolute atomic E-state index is 0.121. The summed E-state index contributed by atoms with van der Waals surface area (Å²) >= 11 is 5.83. The van der Waals surface area contributed by atoms with E-state index in [0.717, 1.165) is 30.3 Å². The van der Waals surface area contributed by atoms with Crippen molar-refractivity contribution in [1.82, 2.24) is 4.72 Å². The number of benzene rings is 2. The molecular weight excluding hydrogens is 400 g/mol. The number of nitrogens with one attached hydrogen (secondary N) is 2. The van der Waals surface area contributed by atoms with Gasteiger partial charge in [0.2, 0.25) is 20.0 Å². The highest BCUT2D eigenvalue weighted by molar-refractivity contribution is 7.90. The van der Waals surface area contributed by atoms with Crippen LogP contribution in [0.25, 0.3) is 0 Å². The zero-order valence-corrected chi connectivity index (χ0v) is 14.5. The van der Waals surface area contributed by atoms with Gasteiger partial charge in [-0.3, -0.25) is 0 Å². The van der Waals surface area contributed by atoms with Crippen molar-refractivity contribution in [3.8, 4) is 0 Å². The van der Waals surface area contributed by atoms with Gasteiger partial charge in [-0.2, -0.15) is 4.72 Å². The SMILES string of the molecule is NS(=O)(=O)c1cc2c(cc1Cl)N[C@@H](c1c(F)cccc1F)NS2(=O)=O. The molecule has 3 rings (SSSR count). The van der Waals surface area contributed by atoms with Gasteiger partial charge in [0.05, 0.1) is 16.3 Å². The molecule has 2 aromatic carbocycles. The van der Waals surface area contributed by atoms with Crippen LogP contribution in [-0.4, -0.2) is 16.8 Å². The van der Waals surface area contributed by atoms with Crippen LogP contribution in [0.5, 0.6) is 0 Å². The molecule has 25 heavy (non-hydrogen) atoms. The second-order valence-electron chi connectivity index (χ2n) is 5.16. The van der Waals surface area contributed by atoms with Gasteiger partial charge in [-0.15, -0.1) is 0 Å². The summed E-state index contributed by atoms with van der Waals surface area (Å²) in [6, 6.07) is 4.87. The molecule has 12 heteroatoms. The topological polar surface area (TPSA) is 118 Å². The lowest BCUT2D eigenvalue weighted by Gasteiger charge is -2.29. The molecule has 0 aromatic heterocycles. The molecule has 7 nitrogen and oxygen atoms in total. The third-order valence-electron chi connectivity index (χ3n) is 3.49. The number of fused-ring (bicyclic) bond motifs is 1. The van der Waals surface area contributed by atoms with Gasteiger partial charge >= 0.3 is 0 Å². The number of halogens is 3. The van der Waals surface area contributed by atoms with Crippen molar-refractivity contribution >= 4 is 37.3 Å². The van der Waals surface area contributed by atoms with E-state index < -0.39 is 53.2 Å². The Morgan fingerprint density at radius 2 is 1.76 bits per heavy atom. The van der Waals surface area contributed by atoms with Crippen molar-refractivity contribution in [1.29, 1.82) is 0 Å². The van der Waals surface area contributed by atoms with Gasteiger partial charge in [-0.25, -0.2) is 30.8 Å². The second-order valence-corrected chi connectivity index (χ2v) is 8.78. The van der Waals surface area contributed by atoms with Crippen molar-refractivity contribution in [3.05, 3.63) is 52.6 Å². The molecule has 1 aliphatic rings. The maximum absolute atomic E-state index is 13.9. The summed E-state index contributed by atoms with van der Waals surface area (Å²) in [5.41, 5.74) is -0.660. The molecule has 0 aliphatic carbocycles. The first-order valence-corrected chi connectivity index (χ1v) is 10.0. The van der Waals surface area contributed by atoms with Gasteiger partial charge in [0.15, 0.2) is 0 Å². The van der Waals surface area contributed by atoms with E-state index in [9.17, 15) is 25.6 Å². The second kappa shape index (κ2) is 5.88. The van der Waals surface area contributed by atoms with Gasteiger partial charge in [0.25, 0.3) is 0 Å². The molecule has 0 fully saturated rings. The van der Waals surface area contributed by atoms with E-state index in [2.05, 4.69) is 5.32 Å². The number of nitrogens with two attached hydrogens (primary N) is 1. The van der Waals surface area contributed by atoms with Gasteiger partial charge in [-0.05, 0) is 24.3 Å². The molecule has 0 radical (unpaired) electrons. The van der Waals surface area contributed by atoms with E-state index in [1.165, 1.54) is 0 Å². The van der Waals surface area contributed by atoms with E-state index in [4.69, 9.17) is 16.7 Å². The summed E-state index contributed by atoms with van der Waals surface area (Å²) in [6.45, 7) is 0. The predicted octanol–water partition coefficient (Wildman–Crippen LogP) is 1.67.